The second kappa shape index (κ2) is 10.3. The molecule has 2 aromatic rings. The van der Waals surface area contributed by atoms with Crippen LogP contribution in [0.4, 0.5) is 0 Å². The average molecular weight is 342 g/mol. The molecule has 134 valence electrons. The molecule has 1 aromatic carbocycles. The van der Waals surface area contributed by atoms with Crippen LogP contribution in [0.1, 0.15) is 42.1 Å². The summed E-state index contributed by atoms with van der Waals surface area (Å²) in [5.41, 5.74) is 1.73. The van der Waals surface area contributed by atoms with Crippen LogP contribution < -0.4 is 5.32 Å². The zero-order valence-corrected chi connectivity index (χ0v) is 14.7. The second-order valence-electron chi connectivity index (χ2n) is 5.99. The highest BCUT2D eigenvalue weighted by Crippen LogP contribution is 2.08. The third kappa shape index (κ3) is 6.45. The molecule has 0 spiro atoms. The lowest BCUT2D eigenvalue weighted by molar-refractivity contribution is -0.121. The molecular formula is C20H26N2O3. The van der Waals surface area contributed by atoms with Gasteiger partial charge in [0.1, 0.15) is 6.26 Å². The van der Waals surface area contributed by atoms with Crippen molar-refractivity contribution >= 4 is 11.8 Å². The summed E-state index contributed by atoms with van der Waals surface area (Å²) in [5, 5.41) is 2.92. The summed E-state index contributed by atoms with van der Waals surface area (Å²) in [6, 6.07) is 11.7. The molecule has 0 saturated carbocycles. The fourth-order valence-electron chi connectivity index (χ4n) is 2.55. The highest BCUT2D eigenvalue weighted by Gasteiger charge is 2.17. The van der Waals surface area contributed by atoms with E-state index in [9.17, 15) is 9.59 Å². The summed E-state index contributed by atoms with van der Waals surface area (Å²) in [6.45, 7) is 3.75. The molecule has 1 N–H and O–H groups in total. The van der Waals surface area contributed by atoms with Gasteiger partial charge < -0.3 is 14.6 Å². The van der Waals surface area contributed by atoms with Gasteiger partial charge in [0.15, 0.2) is 0 Å². The minimum absolute atomic E-state index is 0.0302. The van der Waals surface area contributed by atoms with Gasteiger partial charge in [-0.15, -0.1) is 0 Å². The van der Waals surface area contributed by atoms with E-state index in [2.05, 4.69) is 12.2 Å². The number of furan rings is 1. The Hall–Kier alpha value is -2.56. The molecule has 0 fully saturated rings. The van der Waals surface area contributed by atoms with E-state index in [1.807, 2.05) is 30.3 Å². The predicted molar refractivity (Wildman–Crippen MR) is 97.3 cm³/mol. The van der Waals surface area contributed by atoms with Crippen LogP contribution in [0.3, 0.4) is 0 Å². The molecule has 0 unspecified atom stereocenters. The summed E-state index contributed by atoms with van der Waals surface area (Å²) in [4.78, 5) is 26.2. The molecule has 0 radical (unpaired) electrons. The molecule has 5 heteroatoms. The number of rotatable bonds is 10. The van der Waals surface area contributed by atoms with Crippen molar-refractivity contribution in [2.75, 3.05) is 19.6 Å². The maximum absolute atomic E-state index is 12.5. The zero-order chi connectivity index (χ0) is 17.9. The van der Waals surface area contributed by atoms with Gasteiger partial charge in [-0.05, 0) is 24.5 Å². The quantitative estimate of drug-likeness (QED) is 0.721. The molecule has 2 amide bonds. The SMILES string of the molecule is CCCCN(CCC(=O)NCCc1ccccc1)C(=O)c1ccoc1. The molecule has 1 aromatic heterocycles. The second-order valence-corrected chi connectivity index (χ2v) is 5.99. The molecule has 0 bridgehead atoms. The minimum atomic E-state index is -0.0840. The average Bonchev–Trinajstić information content (AvgIpc) is 3.17. The van der Waals surface area contributed by atoms with Crippen molar-refractivity contribution < 1.29 is 14.0 Å². The Balaban J connectivity index is 1.76. The van der Waals surface area contributed by atoms with Crippen LogP contribution in [0.15, 0.2) is 53.3 Å². The fraction of sp³-hybridized carbons (Fsp3) is 0.400. The van der Waals surface area contributed by atoms with Gasteiger partial charge in [0.25, 0.3) is 5.91 Å². The number of hydrogen-bond acceptors (Lipinski definition) is 3. The van der Waals surface area contributed by atoms with Crippen LogP contribution >= 0.6 is 0 Å². The molecule has 1 heterocycles. The van der Waals surface area contributed by atoms with Gasteiger partial charge in [0.05, 0.1) is 11.8 Å². The van der Waals surface area contributed by atoms with Gasteiger partial charge in [-0.1, -0.05) is 43.7 Å². The van der Waals surface area contributed by atoms with Crippen LogP contribution in [0, 0.1) is 0 Å². The van der Waals surface area contributed by atoms with E-state index in [1.165, 1.54) is 18.1 Å². The summed E-state index contributed by atoms with van der Waals surface area (Å²) >= 11 is 0. The summed E-state index contributed by atoms with van der Waals surface area (Å²) < 4.78 is 4.98. The van der Waals surface area contributed by atoms with Crippen molar-refractivity contribution in [2.24, 2.45) is 0 Å². The van der Waals surface area contributed by atoms with Gasteiger partial charge in [-0.3, -0.25) is 9.59 Å². The van der Waals surface area contributed by atoms with Crippen LogP contribution in [-0.4, -0.2) is 36.3 Å². The first kappa shape index (κ1) is 18.8. The number of hydrogen-bond donors (Lipinski definition) is 1. The molecule has 25 heavy (non-hydrogen) atoms. The zero-order valence-electron chi connectivity index (χ0n) is 14.7. The Morgan fingerprint density at radius 3 is 2.60 bits per heavy atom. The Labute approximate surface area is 149 Å². The molecule has 0 saturated heterocycles. The van der Waals surface area contributed by atoms with E-state index in [1.54, 1.807) is 11.0 Å². The van der Waals surface area contributed by atoms with Crippen molar-refractivity contribution in [1.29, 1.82) is 0 Å². The molecule has 2 rings (SSSR count). The van der Waals surface area contributed by atoms with E-state index < -0.39 is 0 Å². The van der Waals surface area contributed by atoms with Gasteiger partial charge >= 0.3 is 0 Å². The van der Waals surface area contributed by atoms with E-state index >= 15 is 0 Å². The molecule has 0 aliphatic carbocycles. The summed E-state index contributed by atoms with van der Waals surface area (Å²) in [6.07, 6.45) is 5.96. The standard InChI is InChI=1S/C20H26N2O3/c1-2-3-13-22(20(24)18-11-15-25-16-18)14-10-19(23)21-12-9-17-7-5-4-6-8-17/h4-8,11,15-16H,2-3,9-10,12-14H2,1H3,(H,21,23). The highest BCUT2D eigenvalue weighted by molar-refractivity contribution is 5.94. The lowest BCUT2D eigenvalue weighted by atomic mass is 10.1. The van der Waals surface area contributed by atoms with Crippen molar-refractivity contribution in [1.82, 2.24) is 10.2 Å². The van der Waals surface area contributed by atoms with Crippen LogP contribution in [0.5, 0.6) is 0 Å². The van der Waals surface area contributed by atoms with Crippen molar-refractivity contribution in [3.63, 3.8) is 0 Å². The Morgan fingerprint density at radius 2 is 1.92 bits per heavy atom. The lowest BCUT2D eigenvalue weighted by Gasteiger charge is -2.21. The third-order valence-electron chi connectivity index (χ3n) is 4.02. The smallest absolute Gasteiger partial charge is 0.257 e. The molecular weight excluding hydrogens is 316 g/mol. The summed E-state index contributed by atoms with van der Waals surface area (Å²) in [5.74, 6) is -0.114. The Kier molecular flexibility index (Phi) is 7.76. The maximum Gasteiger partial charge on any atom is 0.257 e. The first-order valence-corrected chi connectivity index (χ1v) is 8.82. The van der Waals surface area contributed by atoms with Crippen LogP contribution in [-0.2, 0) is 11.2 Å². The number of carbonyl (C=O) groups is 2. The predicted octanol–water partition coefficient (Wildman–Crippen LogP) is 3.27. The number of amides is 2. The fourth-order valence-corrected chi connectivity index (χ4v) is 2.55. The van der Waals surface area contributed by atoms with E-state index in [0.29, 0.717) is 31.6 Å². The molecule has 0 aliphatic heterocycles. The highest BCUT2D eigenvalue weighted by atomic mass is 16.3. The van der Waals surface area contributed by atoms with Crippen LogP contribution in [0.2, 0.25) is 0 Å². The van der Waals surface area contributed by atoms with Gasteiger partial charge in [0, 0.05) is 26.1 Å². The first-order chi connectivity index (χ1) is 12.2. The van der Waals surface area contributed by atoms with Gasteiger partial charge in [0.2, 0.25) is 5.91 Å². The van der Waals surface area contributed by atoms with E-state index in [4.69, 9.17) is 4.42 Å². The number of carbonyl (C=O) groups excluding carboxylic acids is 2. The normalized spacial score (nSPS) is 10.4. The van der Waals surface area contributed by atoms with E-state index in [-0.39, 0.29) is 11.8 Å². The number of benzene rings is 1. The van der Waals surface area contributed by atoms with Gasteiger partial charge in [-0.2, -0.15) is 0 Å². The molecule has 0 aliphatic rings. The van der Waals surface area contributed by atoms with Crippen molar-refractivity contribution in [3.8, 4) is 0 Å². The summed E-state index contributed by atoms with van der Waals surface area (Å²) in [7, 11) is 0. The number of unbranched alkanes of at least 4 members (excludes halogenated alkanes) is 1. The van der Waals surface area contributed by atoms with Crippen molar-refractivity contribution in [3.05, 3.63) is 60.1 Å². The first-order valence-electron chi connectivity index (χ1n) is 8.82. The number of nitrogens with one attached hydrogen (secondary N) is 1. The monoisotopic (exact) mass is 342 g/mol. The third-order valence-corrected chi connectivity index (χ3v) is 4.02. The largest absolute Gasteiger partial charge is 0.472 e. The Morgan fingerprint density at radius 1 is 1.12 bits per heavy atom. The topological polar surface area (TPSA) is 62.6 Å². The van der Waals surface area contributed by atoms with Crippen molar-refractivity contribution in [2.45, 2.75) is 32.6 Å². The maximum atomic E-state index is 12.5. The number of nitrogens with zero attached hydrogens (tertiary/aromatic N) is 1. The molecule has 0 atom stereocenters. The molecule has 5 nitrogen and oxygen atoms in total. The lowest BCUT2D eigenvalue weighted by Crippen LogP contribution is -2.36. The minimum Gasteiger partial charge on any atom is -0.472 e. The van der Waals surface area contributed by atoms with Crippen LogP contribution in [0.25, 0.3) is 0 Å². The van der Waals surface area contributed by atoms with E-state index in [0.717, 1.165) is 19.3 Å². The van der Waals surface area contributed by atoms with Gasteiger partial charge in [-0.25, -0.2) is 0 Å². The Bertz CT molecular complexity index is 638.